The monoisotopic (exact) mass is 432 g/mol. The van der Waals surface area contributed by atoms with Crippen molar-refractivity contribution in [1.82, 2.24) is 14.5 Å². The summed E-state index contributed by atoms with van der Waals surface area (Å²) in [6, 6.07) is 8.26. The number of aryl methyl sites for hydroxylation is 1. The van der Waals surface area contributed by atoms with E-state index >= 15 is 0 Å². The molecule has 0 aliphatic carbocycles. The molecule has 0 atom stereocenters. The van der Waals surface area contributed by atoms with Gasteiger partial charge in [0.25, 0.3) is 5.56 Å². The zero-order valence-electron chi connectivity index (χ0n) is 15.7. The first-order valence-electron chi connectivity index (χ1n) is 9.02. The molecule has 0 bridgehead atoms. The first-order valence-corrected chi connectivity index (χ1v) is 9.84. The quantitative estimate of drug-likeness (QED) is 0.524. The second-order valence-electron chi connectivity index (χ2n) is 6.50. The van der Waals surface area contributed by atoms with Crippen LogP contribution in [0.25, 0.3) is 20.4 Å². The summed E-state index contributed by atoms with van der Waals surface area (Å²) in [6.45, 7) is 1.34. The number of alkyl halides is 3. The topological polar surface area (TPSA) is 76.9 Å². The van der Waals surface area contributed by atoms with Crippen molar-refractivity contribution in [1.29, 1.82) is 0 Å². The van der Waals surface area contributed by atoms with E-state index in [4.69, 9.17) is 0 Å². The van der Waals surface area contributed by atoms with Crippen molar-refractivity contribution >= 4 is 43.4 Å². The number of anilines is 1. The summed E-state index contributed by atoms with van der Waals surface area (Å²) >= 11 is 1.17. The predicted molar refractivity (Wildman–Crippen MR) is 109 cm³/mol. The van der Waals surface area contributed by atoms with E-state index in [0.29, 0.717) is 27.3 Å². The van der Waals surface area contributed by atoms with Crippen molar-refractivity contribution in [2.45, 2.75) is 26.1 Å². The first-order chi connectivity index (χ1) is 14.3. The average Bonchev–Trinajstić information content (AvgIpc) is 3.08. The van der Waals surface area contributed by atoms with Gasteiger partial charge in [0, 0.05) is 18.0 Å². The molecule has 1 N–H and O–H groups in total. The Balaban J connectivity index is 1.72. The van der Waals surface area contributed by atoms with Gasteiger partial charge < -0.3 is 5.32 Å². The van der Waals surface area contributed by atoms with Crippen LogP contribution < -0.4 is 10.9 Å². The van der Waals surface area contributed by atoms with Gasteiger partial charge in [-0.2, -0.15) is 13.2 Å². The Kier molecular flexibility index (Phi) is 5.02. The van der Waals surface area contributed by atoms with Crippen LogP contribution in [-0.2, 0) is 23.9 Å². The molecule has 6 nitrogen and oxygen atoms in total. The van der Waals surface area contributed by atoms with Crippen LogP contribution >= 0.6 is 11.3 Å². The van der Waals surface area contributed by atoms with E-state index in [2.05, 4.69) is 15.3 Å². The lowest BCUT2D eigenvalue weighted by Crippen LogP contribution is -2.31. The number of aromatic nitrogens is 3. The van der Waals surface area contributed by atoms with E-state index in [-0.39, 0.29) is 5.69 Å². The fraction of sp³-hybridized carbons (Fsp3) is 0.200. The molecule has 0 unspecified atom stereocenters. The number of carbonyl (C=O) groups excluding carboxylic acids is 1. The minimum atomic E-state index is -4.61. The highest BCUT2D eigenvalue weighted by atomic mass is 32.1. The predicted octanol–water partition coefficient (Wildman–Crippen LogP) is 4.23. The number of carbonyl (C=O) groups is 1. The van der Waals surface area contributed by atoms with E-state index in [1.807, 2.05) is 6.07 Å². The molecule has 0 saturated heterocycles. The van der Waals surface area contributed by atoms with Crippen LogP contribution in [0.3, 0.4) is 0 Å². The largest absolute Gasteiger partial charge is 0.418 e. The zero-order valence-corrected chi connectivity index (χ0v) is 16.5. The van der Waals surface area contributed by atoms with Gasteiger partial charge >= 0.3 is 6.18 Å². The summed E-state index contributed by atoms with van der Waals surface area (Å²) in [5.41, 5.74) is -1.21. The standard InChI is InChI=1S/C20H15F3N4O2S/c1-2-14-26-16-11-6-5-9-24-18(11)30-17(16)19(29)27(14)10-15(28)25-13-8-4-3-7-12(13)20(21,22)23/h3-9H,2,10H2,1H3,(H,25,28). The first kappa shape index (κ1) is 20.0. The van der Waals surface area contributed by atoms with Gasteiger partial charge in [0.05, 0.1) is 16.8 Å². The van der Waals surface area contributed by atoms with Crippen molar-refractivity contribution in [3.8, 4) is 0 Å². The molecule has 0 radical (unpaired) electrons. The van der Waals surface area contributed by atoms with Crippen LogP contribution in [0.5, 0.6) is 0 Å². The molecule has 1 amide bonds. The number of nitrogens with one attached hydrogen (secondary N) is 1. The number of fused-ring (bicyclic) bond motifs is 3. The number of para-hydroxylation sites is 1. The summed E-state index contributed by atoms with van der Waals surface area (Å²) < 4.78 is 41.0. The minimum Gasteiger partial charge on any atom is -0.324 e. The van der Waals surface area contributed by atoms with Gasteiger partial charge in [-0.15, -0.1) is 11.3 Å². The third-order valence-electron chi connectivity index (χ3n) is 4.56. The van der Waals surface area contributed by atoms with Crippen LogP contribution in [0.2, 0.25) is 0 Å². The molecule has 0 saturated carbocycles. The third-order valence-corrected chi connectivity index (χ3v) is 5.65. The number of thiophene rings is 1. The number of hydrogen-bond acceptors (Lipinski definition) is 5. The maximum Gasteiger partial charge on any atom is 0.418 e. The van der Waals surface area contributed by atoms with Crippen molar-refractivity contribution in [3.05, 3.63) is 64.3 Å². The molecule has 0 aliphatic rings. The number of hydrogen-bond donors (Lipinski definition) is 1. The number of amides is 1. The Bertz CT molecular complexity index is 1330. The minimum absolute atomic E-state index is 0.351. The zero-order chi connectivity index (χ0) is 21.5. The summed E-state index contributed by atoms with van der Waals surface area (Å²) in [5.74, 6) is -0.376. The normalized spacial score (nSPS) is 11.9. The van der Waals surface area contributed by atoms with E-state index in [1.54, 1.807) is 19.2 Å². The maximum atomic E-state index is 13.2. The van der Waals surface area contributed by atoms with Gasteiger partial charge in [-0.25, -0.2) is 9.97 Å². The Hall–Kier alpha value is -3.27. The van der Waals surface area contributed by atoms with E-state index < -0.39 is 29.8 Å². The molecule has 3 aromatic heterocycles. The molecule has 0 spiro atoms. The number of nitrogens with zero attached hydrogens (tertiary/aromatic N) is 3. The van der Waals surface area contributed by atoms with Gasteiger partial charge in [0.2, 0.25) is 5.91 Å². The molecule has 10 heteroatoms. The molecule has 154 valence electrons. The number of halogens is 3. The fourth-order valence-corrected chi connectivity index (χ4v) is 4.24. The summed E-state index contributed by atoms with van der Waals surface area (Å²) in [5, 5.41) is 3.01. The van der Waals surface area contributed by atoms with Crippen molar-refractivity contribution < 1.29 is 18.0 Å². The fourth-order valence-electron chi connectivity index (χ4n) is 3.21. The Morgan fingerprint density at radius 3 is 2.70 bits per heavy atom. The smallest absolute Gasteiger partial charge is 0.324 e. The lowest BCUT2D eigenvalue weighted by molar-refractivity contribution is -0.137. The molecular formula is C20H15F3N4O2S. The summed E-state index contributed by atoms with van der Waals surface area (Å²) in [6.07, 6.45) is -2.63. The number of pyridine rings is 1. The van der Waals surface area contributed by atoms with E-state index in [0.717, 1.165) is 11.5 Å². The lowest BCUT2D eigenvalue weighted by Gasteiger charge is -2.15. The second kappa shape index (κ2) is 7.52. The molecular weight excluding hydrogens is 417 g/mol. The van der Waals surface area contributed by atoms with Crippen molar-refractivity contribution in [3.63, 3.8) is 0 Å². The van der Waals surface area contributed by atoms with Gasteiger partial charge in [-0.1, -0.05) is 19.1 Å². The number of benzene rings is 1. The lowest BCUT2D eigenvalue weighted by atomic mass is 10.1. The van der Waals surface area contributed by atoms with Crippen LogP contribution in [0.1, 0.15) is 18.3 Å². The van der Waals surface area contributed by atoms with Gasteiger partial charge in [-0.05, 0) is 24.3 Å². The average molecular weight is 432 g/mol. The van der Waals surface area contributed by atoms with Crippen LogP contribution in [0.15, 0.2) is 47.4 Å². The third kappa shape index (κ3) is 3.54. The van der Waals surface area contributed by atoms with Crippen LogP contribution in [0, 0.1) is 0 Å². The second-order valence-corrected chi connectivity index (χ2v) is 7.50. The maximum absolute atomic E-state index is 13.2. The summed E-state index contributed by atoms with van der Waals surface area (Å²) in [4.78, 5) is 35.0. The highest BCUT2D eigenvalue weighted by Crippen LogP contribution is 2.34. The van der Waals surface area contributed by atoms with Crippen LogP contribution in [-0.4, -0.2) is 20.4 Å². The highest BCUT2D eigenvalue weighted by Gasteiger charge is 2.33. The molecule has 4 rings (SSSR count). The Labute approximate surface area is 172 Å². The van der Waals surface area contributed by atoms with E-state index in [9.17, 15) is 22.8 Å². The van der Waals surface area contributed by atoms with Gasteiger partial charge in [0.15, 0.2) is 0 Å². The van der Waals surface area contributed by atoms with Crippen molar-refractivity contribution in [2.24, 2.45) is 0 Å². The van der Waals surface area contributed by atoms with E-state index in [1.165, 1.54) is 34.1 Å². The SMILES string of the molecule is CCc1nc2c(sc3ncccc32)c(=O)n1CC(=O)Nc1ccccc1C(F)(F)F. The molecule has 30 heavy (non-hydrogen) atoms. The molecule has 3 heterocycles. The molecule has 0 fully saturated rings. The van der Waals surface area contributed by atoms with Gasteiger partial charge in [0.1, 0.15) is 21.9 Å². The molecule has 1 aromatic carbocycles. The molecule has 4 aromatic rings. The summed E-state index contributed by atoms with van der Waals surface area (Å²) in [7, 11) is 0. The molecule has 0 aliphatic heterocycles. The van der Waals surface area contributed by atoms with Crippen LogP contribution in [0.4, 0.5) is 18.9 Å². The van der Waals surface area contributed by atoms with Crippen molar-refractivity contribution in [2.75, 3.05) is 5.32 Å². The highest BCUT2D eigenvalue weighted by molar-refractivity contribution is 7.25. The Morgan fingerprint density at radius 1 is 1.20 bits per heavy atom. The van der Waals surface area contributed by atoms with Gasteiger partial charge in [-0.3, -0.25) is 14.2 Å². The Morgan fingerprint density at radius 2 is 1.97 bits per heavy atom. The number of rotatable bonds is 4.